The van der Waals surface area contributed by atoms with E-state index in [1.165, 1.54) is 4.88 Å². The lowest BCUT2D eigenvalue weighted by Crippen LogP contribution is -2.47. The van der Waals surface area contributed by atoms with Gasteiger partial charge in [-0.25, -0.2) is 0 Å². The summed E-state index contributed by atoms with van der Waals surface area (Å²) in [5, 5.41) is 12.2. The lowest BCUT2D eigenvalue weighted by Gasteiger charge is -2.28. The molecular formula is C11H14BrNO2S. The Morgan fingerprint density at radius 2 is 2.38 bits per heavy atom. The summed E-state index contributed by atoms with van der Waals surface area (Å²) >= 11 is 5.16. The molecule has 3 nitrogen and oxygen atoms in total. The number of nitrogens with one attached hydrogen (secondary N) is 1. The van der Waals surface area contributed by atoms with Crippen molar-refractivity contribution >= 4 is 33.2 Å². The average molecular weight is 304 g/mol. The minimum atomic E-state index is -0.725. The maximum absolute atomic E-state index is 10.9. The Hall–Kier alpha value is -0.390. The Balaban J connectivity index is 1.92. The molecule has 0 bridgehead atoms. The first-order valence-corrected chi connectivity index (χ1v) is 6.99. The van der Waals surface area contributed by atoms with Crippen molar-refractivity contribution in [3.05, 3.63) is 20.8 Å². The molecule has 5 heteroatoms. The number of hydrogen-bond acceptors (Lipinski definition) is 3. The van der Waals surface area contributed by atoms with E-state index < -0.39 is 5.97 Å². The molecule has 16 heavy (non-hydrogen) atoms. The first-order chi connectivity index (χ1) is 7.65. The first-order valence-electron chi connectivity index (χ1n) is 5.38. The van der Waals surface area contributed by atoms with Gasteiger partial charge in [-0.2, -0.15) is 0 Å². The predicted molar refractivity (Wildman–Crippen MR) is 67.9 cm³/mol. The number of thiophene rings is 1. The van der Waals surface area contributed by atoms with E-state index in [1.807, 2.05) is 6.07 Å². The summed E-state index contributed by atoms with van der Waals surface area (Å²) in [6.07, 6.45) is 3.75. The zero-order valence-corrected chi connectivity index (χ0v) is 11.2. The summed E-state index contributed by atoms with van der Waals surface area (Å²) < 4.78 is 1.13. The quantitative estimate of drug-likeness (QED) is 0.902. The maximum Gasteiger partial charge on any atom is 0.320 e. The van der Waals surface area contributed by atoms with Crippen molar-refractivity contribution in [1.82, 2.24) is 5.32 Å². The second-order valence-electron chi connectivity index (χ2n) is 4.10. The van der Waals surface area contributed by atoms with Gasteiger partial charge in [-0.1, -0.05) is 0 Å². The van der Waals surface area contributed by atoms with Crippen molar-refractivity contribution in [1.29, 1.82) is 0 Å². The van der Waals surface area contributed by atoms with Crippen LogP contribution in [0.15, 0.2) is 15.9 Å². The molecule has 1 aromatic rings. The molecule has 1 fully saturated rings. The number of carboxylic acids is 1. The highest BCUT2D eigenvalue weighted by Crippen LogP contribution is 2.25. The first kappa shape index (κ1) is 12.1. The van der Waals surface area contributed by atoms with Gasteiger partial charge in [0.1, 0.15) is 6.04 Å². The largest absolute Gasteiger partial charge is 0.480 e. The van der Waals surface area contributed by atoms with E-state index in [-0.39, 0.29) is 6.04 Å². The number of carbonyl (C=O) groups is 1. The molecule has 0 aliphatic carbocycles. The van der Waals surface area contributed by atoms with Gasteiger partial charge in [0.25, 0.3) is 0 Å². The summed E-state index contributed by atoms with van der Waals surface area (Å²) in [6.45, 7) is 0. The minimum Gasteiger partial charge on any atom is -0.480 e. The number of piperidine rings is 1. The molecule has 2 unspecified atom stereocenters. The molecule has 2 heterocycles. The monoisotopic (exact) mass is 303 g/mol. The molecule has 1 aliphatic heterocycles. The lowest BCUT2D eigenvalue weighted by molar-refractivity contribution is -0.140. The summed E-state index contributed by atoms with van der Waals surface area (Å²) in [4.78, 5) is 12.2. The zero-order valence-electron chi connectivity index (χ0n) is 8.78. The standard InChI is InChI=1S/C11H14BrNO2S/c12-10-5-4-8(16-10)6-7-2-1-3-9(13-7)11(14)15/h4-5,7,9,13H,1-3,6H2,(H,14,15). The molecular weight excluding hydrogens is 290 g/mol. The number of halogens is 1. The van der Waals surface area contributed by atoms with Crippen LogP contribution < -0.4 is 5.32 Å². The van der Waals surface area contributed by atoms with Crippen LogP contribution in [0.5, 0.6) is 0 Å². The van der Waals surface area contributed by atoms with Crippen LogP contribution in [0.4, 0.5) is 0 Å². The topological polar surface area (TPSA) is 49.3 Å². The van der Waals surface area contributed by atoms with Crippen LogP contribution >= 0.6 is 27.3 Å². The second kappa shape index (κ2) is 5.29. The zero-order chi connectivity index (χ0) is 11.5. The van der Waals surface area contributed by atoms with Gasteiger partial charge in [0.05, 0.1) is 3.79 Å². The third-order valence-corrected chi connectivity index (χ3v) is 4.50. The van der Waals surface area contributed by atoms with Crippen LogP contribution in [0.3, 0.4) is 0 Å². The molecule has 88 valence electrons. The SMILES string of the molecule is O=C(O)C1CCCC(Cc2ccc(Br)s2)N1. The Kier molecular flexibility index (Phi) is 4.00. The summed E-state index contributed by atoms with van der Waals surface area (Å²) in [7, 11) is 0. The van der Waals surface area contributed by atoms with Crippen molar-refractivity contribution in [2.75, 3.05) is 0 Å². The van der Waals surface area contributed by atoms with E-state index in [0.717, 1.165) is 29.5 Å². The highest BCUT2D eigenvalue weighted by molar-refractivity contribution is 9.11. The molecule has 1 saturated heterocycles. The van der Waals surface area contributed by atoms with Gasteiger partial charge >= 0.3 is 5.97 Å². The number of hydrogen-bond donors (Lipinski definition) is 2. The van der Waals surface area contributed by atoms with Gasteiger partial charge in [-0.3, -0.25) is 4.79 Å². The Labute approximate surface area is 107 Å². The fourth-order valence-corrected chi connectivity index (χ4v) is 3.64. The fourth-order valence-electron chi connectivity index (χ4n) is 2.08. The van der Waals surface area contributed by atoms with Crippen LogP contribution in [-0.4, -0.2) is 23.2 Å². The maximum atomic E-state index is 10.9. The van der Waals surface area contributed by atoms with E-state index in [1.54, 1.807) is 11.3 Å². The number of rotatable bonds is 3. The molecule has 1 aliphatic rings. The van der Waals surface area contributed by atoms with Crippen LogP contribution in [0.2, 0.25) is 0 Å². The van der Waals surface area contributed by atoms with Gasteiger partial charge in [0.15, 0.2) is 0 Å². The molecule has 0 spiro atoms. The fraction of sp³-hybridized carbons (Fsp3) is 0.545. The van der Waals surface area contributed by atoms with E-state index in [0.29, 0.717) is 6.04 Å². The lowest BCUT2D eigenvalue weighted by atomic mass is 9.96. The summed E-state index contributed by atoms with van der Waals surface area (Å²) in [6, 6.07) is 4.08. The van der Waals surface area contributed by atoms with Crippen LogP contribution in [0.1, 0.15) is 24.1 Å². The van der Waals surface area contributed by atoms with Crippen LogP contribution in [-0.2, 0) is 11.2 Å². The summed E-state index contributed by atoms with van der Waals surface area (Å²) in [5.74, 6) is -0.725. The molecule has 1 aromatic heterocycles. The van der Waals surface area contributed by atoms with Crippen LogP contribution in [0, 0.1) is 0 Å². The molecule has 0 radical (unpaired) electrons. The van der Waals surface area contributed by atoms with Crippen molar-refractivity contribution in [2.45, 2.75) is 37.8 Å². The van der Waals surface area contributed by atoms with E-state index in [4.69, 9.17) is 5.11 Å². The Morgan fingerprint density at radius 3 is 3.00 bits per heavy atom. The van der Waals surface area contributed by atoms with Crippen molar-refractivity contribution in [2.24, 2.45) is 0 Å². The Bertz CT molecular complexity index is 380. The van der Waals surface area contributed by atoms with E-state index in [2.05, 4.69) is 27.3 Å². The molecule has 2 atom stereocenters. The minimum absolute atomic E-state index is 0.306. The highest BCUT2D eigenvalue weighted by atomic mass is 79.9. The van der Waals surface area contributed by atoms with Gasteiger partial charge in [0, 0.05) is 10.9 Å². The van der Waals surface area contributed by atoms with Gasteiger partial charge in [0.2, 0.25) is 0 Å². The van der Waals surface area contributed by atoms with E-state index >= 15 is 0 Å². The summed E-state index contributed by atoms with van der Waals surface area (Å²) in [5.41, 5.74) is 0. The third kappa shape index (κ3) is 3.06. The predicted octanol–water partition coefficient (Wildman–Crippen LogP) is 2.65. The average Bonchev–Trinajstić information content (AvgIpc) is 2.64. The smallest absolute Gasteiger partial charge is 0.320 e. The third-order valence-electron chi connectivity index (χ3n) is 2.86. The number of carboxylic acid groups (broad SMARTS) is 1. The van der Waals surface area contributed by atoms with Crippen LogP contribution in [0.25, 0.3) is 0 Å². The highest BCUT2D eigenvalue weighted by Gasteiger charge is 2.26. The van der Waals surface area contributed by atoms with Gasteiger partial charge in [-0.15, -0.1) is 11.3 Å². The molecule has 2 rings (SSSR count). The second-order valence-corrected chi connectivity index (χ2v) is 6.64. The van der Waals surface area contributed by atoms with Gasteiger partial charge < -0.3 is 10.4 Å². The molecule has 0 amide bonds. The normalized spacial score (nSPS) is 25.6. The number of aliphatic carboxylic acids is 1. The molecule has 0 aromatic carbocycles. The Morgan fingerprint density at radius 1 is 1.56 bits per heavy atom. The van der Waals surface area contributed by atoms with Crippen molar-refractivity contribution in [3.63, 3.8) is 0 Å². The molecule has 2 N–H and O–H groups in total. The van der Waals surface area contributed by atoms with Crippen molar-refractivity contribution < 1.29 is 9.90 Å². The van der Waals surface area contributed by atoms with Crippen molar-refractivity contribution in [3.8, 4) is 0 Å². The molecule has 0 saturated carbocycles. The van der Waals surface area contributed by atoms with Gasteiger partial charge in [-0.05, 0) is 53.7 Å². The van der Waals surface area contributed by atoms with E-state index in [9.17, 15) is 4.79 Å².